The molecule has 4 aliphatic rings. The second kappa shape index (κ2) is 8.78. The molecule has 0 bridgehead atoms. The predicted octanol–water partition coefficient (Wildman–Crippen LogP) is 4.02. The second-order valence-corrected chi connectivity index (χ2v) is 10.2. The van der Waals surface area contributed by atoms with Gasteiger partial charge in [0.2, 0.25) is 6.41 Å². The van der Waals surface area contributed by atoms with Crippen LogP contribution in [0.4, 0.5) is 5.82 Å². The van der Waals surface area contributed by atoms with E-state index in [9.17, 15) is 4.79 Å². The summed E-state index contributed by atoms with van der Waals surface area (Å²) in [7, 11) is 0. The number of carbonyl (C=O) groups excluding carboxylic acids is 1. The number of carbonyl (C=O) groups is 1. The molecule has 1 amide bonds. The molecule has 0 unspecified atom stereocenters. The second-order valence-electron chi connectivity index (χ2n) is 8.38. The first-order chi connectivity index (χ1) is 15.1. The minimum atomic E-state index is 0.415. The lowest BCUT2D eigenvalue weighted by molar-refractivity contribution is -0.119. The zero-order valence-corrected chi connectivity index (χ0v) is 19.7. The van der Waals surface area contributed by atoms with Crippen LogP contribution < -0.4 is 5.73 Å². The first-order valence-electron chi connectivity index (χ1n) is 10.8. The van der Waals surface area contributed by atoms with Crippen molar-refractivity contribution in [2.75, 3.05) is 18.8 Å². The van der Waals surface area contributed by atoms with E-state index in [4.69, 9.17) is 15.7 Å². The number of rotatable bonds is 6. The summed E-state index contributed by atoms with van der Waals surface area (Å²) in [5.74, 6) is 1.81. The Bertz CT molecular complexity index is 1080. The van der Waals surface area contributed by atoms with Crippen LogP contribution in [0.2, 0.25) is 0 Å². The van der Waals surface area contributed by atoms with Gasteiger partial charge in [0.05, 0.1) is 6.33 Å². The Kier molecular flexibility index (Phi) is 5.88. The Hall–Kier alpha value is -2.13. The summed E-state index contributed by atoms with van der Waals surface area (Å²) in [5.41, 5.74) is 9.66. The monoisotopic (exact) mass is 500 g/mol. The van der Waals surface area contributed by atoms with E-state index in [1.807, 2.05) is 4.90 Å². The Balaban J connectivity index is 1.34. The molecular weight excluding hydrogens is 476 g/mol. The normalized spacial score (nSPS) is 16.7. The van der Waals surface area contributed by atoms with Crippen molar-refractivity contribution in [1.29, 1.82) is 0 Å². The van der Waals surface area contributed by atoms with Gasteiger partial charge in [-0.1, -0.05) is 0 Å². The summed E-state index contributed by atoms with van der Waals surface area (Å²) in [4.78, 5) is 27.8. The van der Waals surface area contributed by atoms with E-state index in [2.05, 4.69) is 37.6 Å². The van der Waals surface area contributed by atoms with E-state index < -0.39 is 0 Å². The lowest BCUT2D eigenvalue weighted by Gasteiger charge is -2.29. The molecule has 3 aliphatic heterocycles. The van der Waals surface area contributed by atoms with Gasteiger partial charge in [0, 0.05) is 29.0 Å². The smallest absolute Gasteiger partial charge is 0.209 e. The quantitative estimate of drug-likeness (QED) is 0.514. The first kappa shape index (κ1) is 20.8. The fourth-order valence-corrected chi connectivity index (χ4v) is 6.02. The van der Waals surface area contributed by atoms with E-state index in [0.29, 0.717) is 22.6 Å². The Morgan fingerprint density at radius 2 is 1.97 bits per heavy atom. The van der Waals surface area contributed by atoms with Gasteiger partial charge in [-0.05, 0) is 95.4 Å². The zero-order chi connectivity index (χ0) is 21.4. The molecule has 9 heteroatoms. The van der Waals surface area contributed by atoms with E-state index in [1.165, 1.54) is 17.5 Å². The van der Waals surface area contributed by atoms with Crippen molar-refractivity contribution in [3.8, 4) is 11.5 Å². The number of hydrogen-bond donors (Lipinski definition) is 1. The van der Waals surface area contributed by atoms with E-state index in [0.717, 1.165) is 73.3 Å². The van der Waals surface area contributed by atoms with Gasteiger partial charge in [-0.2, -0.15) is 0 Å². The number of nitrogens with two attached hydrogens (primary N) is 1. The number of imidazole rings is 1. The van der Waals surface area contributed by atoms with Crippen LogP contribution in [0.15, 0.2) is 33.0 Å². The van der Waals surface area contributed by atoms with Crippen LogP contribution in [-0.4, -0.2) is 43.9 Å². The number of anilines is 1. The molecule has 3 heterocycles. The van der Waals surface area contributed by atoms with Crippen LogP contribution in [0.1, 0.15) is 36.8 Å². The van der Waals surface area contributed by atoms with Crippen molar-refractivity contribution in [2.24, 2.45) is 5.92 Å². The Morgan fingerprint density at radius 1 is 1.19 bits per heavy atom. The van der Waals surface area contributed by atoms with Gasteiger partial charge in [-0.3, -0.25) is 4.79 Å². The largest absolute Gasteiger partial charge is 0.382 e. The van der Waals surface area contributed by atoms with Crippen molar-refractivity contribution >= 4 is 39.9 Å². The highest BCUT2D eigenvalue weighted by atomic mass is 79.9. The summed E-state index contributed by atoms with van der Waals surface area (Å²) in [6, 6.07) is 4.50. The minimum Gasteiger partial charge on any atom is -0.382 e. The fourth-order valence-electron chi connectivity index (χ4n) is 4.56. The number of aromatic nitrogens is 4. The van der Waals surface area contributed by atoms with Crippen molar-refractivity contribution in [3.63, 3.8) is 0 Å². The zero-order valence-electron chi connectivity index (χ0n) is 17.3. The van der Waals surface area contributed by atoms with Crippen molar-refractivity contribution in [3.05, 3.63) is 34.1 Å². The molecule has 0 aromatic heterocycles. The Labute approximate surface area is 194 Å². The van der Waals surface area contributed by atoms with Crippen LogP contribution in [0.3, 0.4) is 0 Å². The topological polar surface area (TPSA) is 89.9 Å². The number of likely N-dealkylation sites (tertiary alicyclic amines) is 1. The SMILES string of the molecule is Nc1ncn(CCC2CCN(C=O)CC2)c2nc(Sc3cc4c(cc3Br)CCC4)nc1-2. The summed E-state index contributed by atoms with van der Waals surface area (Å²) >= 11 is 5.28. The van der Waals surface area contributed by atoms with Gasteiger partial charge < -0.3 is 15.2 Å². The molecule has 1 aliphatic carbocycles. The van der Waals surface area contributed by atoms with Gasteiger partial charge in [0.1, 0.15) is 0 Å². The third kappa shape index (κ3) is 4.30. The lowest BCUT2D eigenvalue weighted by Crippen LogP contribution is -2.32. The van der Waals surface area contributed by atoms with Crippen molar-refractivity contribution in [1.82, 2.24) is 24.4 Å². The Morgan fingerprint density at radius 3 is 2.74 bits per heavy atom. The number of fused-ring (bicyclic) bond motifs is 2. The summed E-state index contributed by atoms with van der Waals surface area (Å²) < 4.78 is 3.15. The molecule has 0 radical (unpaired) electrons. The predicted molar refractivity (Wildman–Crippen MR) is 124 cm³/mol. The van der Waals surface area contributed by atoms with Gasteiger partial charge in [0.15, 0.2) is 22.5 Å². The summed E-state index contributed by atoms with van der Waals surface area (Å²) in [6.45, 7) is 2.52. The minimum absolute atomic E-state index is 0.415. The van der Waals surface area contributed by atoms with E-state index in [1.54, 1.807) is 18.1 Å². The number of aryl methyl sites for hydroxylation is 3. The van der Waals surface area contributed by atoms with Crippen LogP contribution in [0, 0.1) is 5.92 Å². The average molecular weight is 501 g/mol. The number of nitrogens with zero attached hydrogens (tertiary/aromatic N) is 5. The molecule has 0 saturated carbocycles. The maximum atomic E-state index is 10.9. The van der Waals surface area contributed by atoms with Gasteiger partial charge in [-0.25, -0.2) is 15.0 Å². The molecule has 1 fully saturated rings. The maximum absolute atomic E-state index is 10.9. The van der Waals surface area contributed by atoms with E-state index >= 15 is 0 Å². The van der Waals surface area contributed by atoms with E-state index in [-0.39, 0.29) is 0 Å². The van der Waals surface area contributed by atoms with Gasteiger partial charge >= 0.3 is 0 Å². The highest BCUT2D eigenvalue weighted by molar-refractivity contribution is 9.10. The number of benzene rings is 1. The van der Waals surface area contributed by atoms with Crippen molar-refractivity contribution < 1.29 is 4.79 Å². The molecule has 1 saturated heterocycles. The molecule has 1 aromatic rings. The van der Waals surface area contributed by atoms with Crippen LogP contribution in [0.25, 0.3) is 11.5 Å². The number of nitrogen functional groups attached to an aromatic ring is 1. The first-order valence-corrected chi connectivity index (χ1v) is 12.4. The fraction of sp³-hybridized carbons (Fsp3) is 0.455. The number of hydrogen-bond acceptors (Lipinski definition) is 6. The molecule has 31 heavy (non-hydrogen) atoms. The standard InChI is InChI=1S/C22H25BrN6OS/c23-17-10-15-2-1-3-16(15)11-18(17)31-22-26-19-20(24)25-12-29(21(19)27-22)9-6-14-4-7-28(13-30)8-5-14/h10-14H,1-9,24H2. The third-order valence-corrected chi connectivity index (χ3v) is 8.24. The number of piperidine rings is 1. The van der Waals surface area contributed by atoms with Crippen molar-refractivity contribution in [2.45, 2.75) is 55.1 Å². The third-order valence-electron chi connectivity index (χ3n) is 6.40. The molecule has 0 spiro atoms. The lowest BCUT2D eigenvalue weighted by atomic mass is 9.94. The average Bonchev–Trinajstić information content (AvgIpc) is 3.41. The molecule has 1 aromatic carbocycles. The number of amides is 1. The van der Waals surface area contributed by atoms with Crippen LogP contribution >= 0.6 is 27.7 Å². The molecule has 2 N–H and O–H groups in total. The molecular formula is C22H25BrN6OS. The highest BCUT2D eigenvalue weighted by Gasteiger charge is 2.23. The highest BCUT2D eigenvalue weighted by Crippen LogP contribution is 2.38. The van der Waals surface area contributed by atoms with Crippen LogP contribution in [0.5, 0.6) is 0 Å². The molecule has 162 valence electrons. The molecule has 5 rings (SSSR count). The molecule has 0 atom stereocenters. The number of halogens is 1. The summed E-state index contributed by atoms with van der Waals surface area (Å²) in [6.07, 6.45) is 9.38. The van der Waals surface area contributed by atoms with Crippen LogP contribution in [-0.2, 0) is 24.2 Å². The maximum Gasteiger partial charge on any atom is 0.209 e. The van der Waals surface area contributed by atoms with Gasteiger partial charge in [-0.15, -0.1) is 0 Å². The van der Waals surface area contributed by atoms with Gasteiger partial charge in [0.25, 0.3) is 0 Å². The summed E-state index contributed by atoms with van der Waals surface area (Å²) in [5, 5.41) is 0.696. The molecule has 7 nitrogen and oxygen atoms in total.